The maximum absolute atomic E-state index is 12.3. The van der Waals surface area contributed by atoms with E-state index in [9.17, 15) is 13.2 Å². The minimum atomic E-state index is -3.12. The molecule has 0 spiro atoms. The van der Waals surface area contributed by atoms with Crippen LogP contribution in [-0.2, 0) is 19.4 Å². The van der Waals surface area contributed by atoms with E-state index < -0.39 is 15.9 Å². The molecule has 2 aliphatic rings. The minimum absolute atomic E-state index is 0.000981. The van der Waals surface area contributed by atoms with Gasteiger partial charge in [0, 0.05) is 6.54 Å². The summed E-state index contributed by atoms with van der Waals surface area (Å²) in [5, 5.41) is 0. The number of amides is 1. The number of hydrogen-bond acceptors (Lipinski definition) is 5. The second-order valence-corrected chi connectivity index (χ2v) is 7.40. The van der Waals surface area contributed by atoms with Crippen molar-refractivity contribution in [3.05, 3.63) is 30.3 Å². The van der Waals surface area contributed by atoms with Crippen LogP contribution in [0.3, 0.4) is 0 Å². The number of benzene rings is 1. The summed E-state index contributed by atoms with van der Waals surface area (Å²) < 4.78 is 34.3. The number of nitrogens with zero attached hydrogens (tertiary/aromatic N) is 1. The van der Waals surface area contributed by atoms with Crippen molar-refractivity contribution in [2.75, 3.05) is 31.3 Å². The van der Waals surface area contributed by atoms with Gasteiger partial charge in [-0.1, -0.05) is 18.2 Å². The first-order valence-electron chi connectivity index (χ1n) is 6.84. The van der Waals surface area contributed by atoms with Crippen molar-refractivity contribution in [2.45, 2.75) is 12.1 Å². The van der Waals surface area contributed by atoms with Crippen LogP contribution >= 0.6 is 0 Å². The quantitative estimate of drug-likeness (QED) is 0.791. The Balaban J connectivity index is 1.64. The number of carbonyl (C=O) groups excluding carboxylic acids is 1. The molecule has 0 saturated carbocycles. The van der Waals surface area contributed by atoms with Gasteiger partial charge in [0.15, 0.2) is 16.4 Å². The van der Waals surface area contributed by atoms with Gasteiger partial charge in [0.05, 0.1) is 30.3 Å². The molecule has 2 atom stereocenters. The van der Waals surface area contributed by atoms with Crippen LogP contribution in [0.25, 0.3) is 0 Å². The van der Waals surface area contributed by atoms with Crippen molar-refractivity contribution in [3.8, 4) is 5.75 Å². The van der Waals surface area contributed by atoms with E-state index in [1.165, 1.54) is 0 Å². The summed E-state index contributed by atoms with van der Waals surface area (Å²) in [7, 11) is -3.12. The number of sulfone groups is 1. The summed E-state index contributed by atoms with van der Waals surface area (Å²) in [5.74, 6) is 0.402. The monoisotopic (exact) mass is 311 g/mol. The zero-order valence-corrected chi connectivity index (χ0v) is 12.3. The molecule has 2 heterocycles. The van der Waals surface area contributed by atoms with Crippen molar-refractivity contribution in [1.29, 1.82) is 0 Å². The van der Waals surface area contributed by atoms with Crippen LogP contribution in [-0.4, -0.2) is 62.6 Å². The summed E-state index contributed by atoms with van der Waals surface area (Å²) in [6.45, 7) is 0.689. The summed E-state index contributed by atoms with van der Waals surface area (Å²) in [4.78, 5) is 13.9. The fourth-order valence-corrected chi connectivity index (χ4v) is 4.64. The standard InChI is InChI=1S/C14H17NO5S/c16-14(8-20-11-4-2-1-3-5-11)15-6-7-19-13-10-21(17,18)9-12(13)15/h1-5,12-13H,6-10H2. The SMILES string of the molecule is O=C(COc1ccccc1)N1CCOC2CS(=O)(=O)CC21. The Hall–Kier alpha value is -1.60. The molecule has 7 heteroatoms. The van der Waals surface area contributed by atoms with E-state index in [0.29, 0.717) is 18.9 Å². The number of carbonyl (C=O) groups is 1. The molecule has 0 aliphatic carbocycles. The Morgan fingerprint density at radius 1 is 1.29 bits per heavy atom. The van der Waals surface area contributed by atoms with Gasteiger partial charge in [-0.15, -0.1) is 0 Å². The number of hydrogen-bond donors (Lipinski definition) is 0. The Morgan fingerprint density at radius 3 is 2.81 bits per heavy atom. The number of morpholine rings is 1. The lowest BCUT2D eigenvalue weighted by atomic mass is 10.1. The maximum atomic E-state index is 12.3. The molecule has 0 N–H and O–H groups in total. The van der Waals surface area contributed by atoms with Crippen LogP contribution in [0, 0.1) is 0 Å². The molecule has 2 aliphatic heterocycles. The number of rotatable bonds is 3. The maximum Gasteiger partial charge on any atom is 0.260 e. The lowest BCUT2D eigenvalue weighted by molar-refractivity contribution is -0.144. The van der Waals surface area contributed by atoms with Crippen molar-refractivity contribution in [2.24, 2.45) is 0 Å². The molecule has 1 amide bonds. The van der Waals surface area contributed by atoms with Crippen LogP contribution in [0.2, 0.25) is 0 Å². The Morgan fingerprint density at radius 2 is 2.05 bits per heavy atom. The average molecular weight is 311 g/mol. The third kappa shape index (κ3) is 3.19. The van der Waals surface area contributed by atoms with E-state index in [1.54, 1.807) is 17.0 Å². The fourth-order valence-electron chi connectivity index (χ4n) is 2.77. The Kier molecular flexibility index (Phi) is 3.86. The average Bonchev–Trinajstić information content (AvgIpc) is 2.79. The predicted octanol–water partition coefficient (Wildman–Crippen LogP) is 0.0898. The zero-order chi connectivity index (χ0) is 14.9. The number of fused-ring (bicyclic) bond motifs is 1. The van der Waals surface area contributed by atoms with E-state index in [0.717, 1.165) is 0 Å². The second-order valence-electron chi connectivity index (χ2n) is 5.24. The van der Waals surface area contributed by atoms with Gasteiger partial charge < -0.3 is 14.4 Å². The summed E-state index contributed by atoms with van der Waals surface area (Å²) in [6.07, 6.45) is -0.399. The molecule has 21 heavy (non-hydrogen) atoms. The van der Waals surface area contributed by atoms with Gasteiger partial charge >= 0.3 is 0 Å². The van der Waals surface area contributed by atoms with Crippen molar-refractivity contribution < 1.29 is 22.7 Å². The normalized spacial score (nSPS) is 27.1. The summed E-state index contributed by atoms with van der Waals surface area (Å²) in [6, 6.07) is 8.69. The highest BCUT2D eigenvalue weighted by molar-refractivity contribution is 7.91. The second kappa shape index (κ2) is 5.65. The molecule has 0 radical (unpaired) electrons. The van der Waals surface area contributed by atoms with Crippen LogP contribution < -0.4 is 4.74 Å². The van der Waals surface area contributed by atoms with Gasteiger partial charge in [-0.3, -0.25) is 4.79 Å². The molecular formula is C14H17NO5S. The van der Waals surface area contributed by atoms with Crippen molar-refractivity contribution >= 4 is 15.7 Å². The van der Waals surface area contributed by atoms with Crippen LogP contribution in [0.5, 0.6) is 5.75 Å². The number of ether oxygens (including phenoxy) is 2. The third-order valence-corrected chi connectivity index (χ3v) is 5.45. The van der Waals surface area contributed by atoms with Gasteiger partial charge in [-0.25, -0.2) is 8.42 Å². The van der Waals surface area contributed by atoms with Crippen LogP contribution in [0.4, 0.5) is 0 Å². The zero-order valence-electron chi connectivity index (χ0n) is 11.5. The molecule has 3 rings (SSSR count). The molecule has 1 aromatic carbocycles. The first-order chi connectivity index (χ1) is 10.1. The lowest BCUT2D eigenvalue weighted by Crippen LogP contribution is -2.54. The van der Waals surface area contributed by atoms with Crippen LogP contribution in [0.1, 0.15) is 0 Å². The summed E-state index contributed by atoms with van der Waals surface area (Å²) >= 11 is 0. The minimum Gasteiger partial charge on any atom is -0.484 e. The van der Waals surface area contributed by atoms with Crippen LogP contribution in [0.15, 0.2) is 30.3 Å². The number of para-hydroxylation sites is 1. The first kappa shape index (κ1) is 14.3. The van der Waals surface area contributed by atoms with Crippen molar-refractivity contribution in [3.63, 3.8) is 0 Å². The van der Waals surface area contributed by atoms with E-state index in [1.807, 2.05) is 18.2 Å². The Bertz CT molecular complexity index is 616. The molecule has 2 unspecified atom stereocenters. The molecule has 114 valence electrons. The topological polar surface area (TPSA) is 72.9 Å². The summed E-state index contributed by atoms with van der Waals surface area (Å²) in [5.41, 5.74) is 0. The molecule has 0 bridgehead atoms. The van der Waals surface area contributed by atoms with Crippen molar-refractivity contribution in [1.82, 2.24) is 4.90 Å². The van der Waals surface area contributed by atoms with Gasteiger partial charge in [0.25, 0.3) is 5.91 Å². The molecule has 2 fully saturated rings. The molecule has 1 aromatic rings. The molecule has 0 aromatic heterocycles. The molecule has 6 nitrogen and oxygen atoms in total. The third-order valence-electron chi connectivity index (χ3n) is 3.76. The molecular weight excluding hydrogens is 294 g/mol. The van der Waals surface area contributed by atoms with E-state index in [2.05, 4.69) is 0 Å². The van der Waals surface area contributed by atoms with E-state index >= 15 is 0 Å². The highest BCUT2D eigenvalue weighted by Crippen LogP contribution is 2.24. The van der Waals surface area contributed by atoms with Gasteiger partial charge in [-0.2, -0.15) is 0 Å². The van der Waals surface area contributed by atoms with Gasteiger partial charge in [-0.05, 0) is 12.1 Å². The van der Waals surface area contributed by atoms with E-state index in [-0.39, 0.29) is 30.1 Å². The molecule has 2 saturated heterocycles. The highest BCUT2D eigenvalue weighted by Gasteiger charge is 2.45. The fraction of sp³-hybridized carbons (Fsp3) is 0.500. The van der Waals surface area contributed by atoms with E-state index in [4.69, 9.17) is 9.47 Å². The smallest absolute Gasteiger partial charge is 0.260 e. The predicted molar refractivity (Wildman–Crippen MR) is 75.8 cm³/mol. The largest absolute Gasteiger partial charge is 0.484 e. The lowest BCUT2D eigenvalue weighted by Gasteiger charge is -2.36. The van der Waals surface area contributed by atoms with Gasteiger partial charge in [0.1, 0.15) is 5.75 Å². The van der Waals surface area contributed by atoms with Gasteiger partial charge in [0.2, 0.25) is 0 Å². The first-order valence-corrected chi connectivity index (χ1v) is 8.67. The highest BCUT2D eigenvalue weighted by atomic mass is 32.2. The Labute approximate surface area is 123 Å².